The second kappa shape index (κ2) is 6.86. The van der Waals surface area contributed by atoms with Gasteiger partial charge in [-0.15, -0.1) is 0 Å². The summed E-state index contributed by atoms with van der Waals surface area (Å²) in [7, 11) is 0. The fraction of sp³-hybridized carbons (Fsp3) is 0.875. The van der Waals surface area contributed by atoms with Gasteiger partial charge < -0.3 is 14.4 Å². The maximum Gasteiger partial charge on any atom is 0.410 e. The van der Waals surface area contributed by atoms with E-state index in [1.807, 2.05) is 27.7 Å². The number of esters is 1. The second-order valence-electron chi connectivity index (χ2n) is 7.13. The smallest absolute Gasteiger partial charge is 0.410 e. The summed E-state index contributed by atoms with van der Waals surface area (Å²) in [6.45, 7) is 11.0. The van der Waals surface area contributed by atoms with Crippen LogP contribution in [0.15, 0.2) is 0 Å². The van der Waals surface area contributed by atoms with Crippen molar-refractivity contribution in [2.24, 2.45) is 5.92 Å². The van der Waals surface area contributed by atoms with E-state index in [9.17, 15) is 9.59 Å². The number of likely N-dealkylation sites (tertiary alicyclic amines) is 2. The van der Waals surface area contributed by atoms with E-state index in [4.69, 9.17) is 9.47 Å². The molecule has 0 aromatic carbocycles. The number of ether oxygens (including phenoxy) is 2. The van der Waals surface area contributed by atoms with Crippen molar-refractivity contribution in [3.63, 3.8) is 0 Å². The van der Waals surface area contributed by atoms with E-state index in [2.05, 4.69) is 4.90 Å². The fourth-order valence-corrected chi connectivity index (χ4v) is 2.95. The number of carbonyl (C=O) groups is 2. The van der Waals surface area contributed by atoms with Crippen LogP contribution >= 0.6 is 0 Å². The van der Waals surface area contributed by atoms with Crippen molar-refractivity contribution in [3.05, 3.63) is 0 Å². The Hall–Kier alpha value is -1.30. The third kappa shape index (κ3) is 4.35. The van der Waals surface area contributed by atoms with Gasteiger partial charge in [-0.3, -0.25) is 9.69 Å². The number of rotatable bonds is 3. The first-order valence-corrected chi connectivity index (χ1v) is 8.18. The van der Waals surface area contributed by atoms with Gasteiger partial charge in [0.15, 0.2) is 0 Å². The number of hydrogen-bond acceptors (Lipinski definition) is 5. The Balaban J connectivity index is 1.78. The Labute approximate surface area is 132 Å². The average Bonchev–Trinajstić information content (AvgIpc) is 2.35. The quantitative estimate of drug-likeness (QED) is 0.745. The van der Waals surface area contributed by atoms with E-state index in [-0.39, 0.29) is 18.0 Å². The Morgan fingerprint density at radius 2 is 1.86 bits per heavy atom. The summed E-state index contributed by atoms with van der Waals surface area (Å²) in [6, 6.07) is 0.338. The standard InChI is InChI=1S/C16H28N2O4/c1-5-21-14(19)12-7-6-8-17(9-12)13-10-18(11-13)15(20)22-16(2,3)4/h12-13H,5-11H2,1-4H3. The molecule has 0 saturated carbocycles. The summed E-state index contributed by atoms with van der Waals surface area (Å²) in [6.07, 6.45) is 1.66. The molecule has 2 aliphatic heterocycles. The number of hydrogen-bond donors (Lipinski definition) is 0. The Morgan fingerprint density at radius 1 is 1.18 bits per heavy atom. The molecule has 2 aliphatic rings. The monoisotopic (exact) mass is 312 g/mol. The van der Waals surface area contributed by atoms with Crippen LogP contribution in [-0.4, -0.2) is 66.3 Å². The van der Waals surface area contributed by atoms with Gasteiger partial charge in [-0.2, -0.15) is 0 Å². The molecule has 22 heavy (non-hydrogen) atoms. The Bertz CT molecular complexity index is 413. The largest absolute Gasteiger partial charge is 0.466 e. The molecule has 6 nitrogen and oxygen atoms in total. The first-order valence-electron chi connectivity index (χ1n) is 8.18. The lowest BCUT2D eigenvalue weighted by Crippen LogP contribution is -2.63. The van der Waals surface area contributed by atoms with Crippen LogP contribution in [0.2, 0.25) is 0 Å². The first kappa shape index (κ1) is 17.1. The first-order chi connectivity index (χ1) is 10.3. The molecule has 0 radical (unpaired) electrons. The zero-order chi connectivity index (χ0) is 16.3. The molecule has 0 aromatic rings. The molecule has 0 spiro atoms. The molecule has 1 amide bonds. The van der Waals surface area contributed by atoms with Crippen LogP contribution in [0.3, 0.4) is 0 Å². The highest BCUT2D eigenvalue weighted by Gasteiger charge is 2.39. The second-order valence-corrected chi connectivity index (χ2v) is 7.13. The molecule has 6 heteroatoms. The van der Waals surface area contributed by atoms with Crippen LogP contribution in [-0.2, 0) is 14.3 Å². The minimum Gasteiger partial charge on any atom is -0.466 e. The normalized spacial score (nSPS) is 23.8. The maximum absolute atomic E-state index is 11.9. The van der Waals surface area contributed by atoms with Gasteiger partial charge in [0, 0.05) is 25.7 Å². The van der Waals surface area contributed by atoms with E-state index in [1.165, 1.54) is 0 Å². The van der Waals surface area contributed by atoms with Crippen molar-refractivity contribution in [2.45, 2.75) is 52.2 Å². The summed E-state index contributed by atoms with van der Waals surface area (Å²) in [4.78, 5) is 27.8. The van der Waals surface area contributed by atoms with Gasteiger partial charge in [-0.1, -0.05) is 0 Å². The molecule has 2 heterocycles. The van der Waals surface area contributed by atoms with Crippen molar-refractivity contribution in [3.8, 4) is 0 Å². The molecule has 0 aliphatic carbocycles. The lowest BCUT2D eigenvalue weighted by atomic mass is 9.95. The van der Waals surface area contributed by atoms with Crippen LogP contribution in [0.5, 0.6) is 0 Å². The van der Waals surface area contributed by atoms with E-state index in [0.29, 0.717) is 25.7 Å². The maximum atomic E-state index is 11.9. The Morgan fingerprint density at radius 3 is 2.45 bits per heavy atom. The predicted molar refractivity (Wildman–Crippen MR) is 82.5 cm³/mol. The lowest BCUT2D eigenvalue weighted by Gasteiger charge is -2.47. The third-order valence-electron chi connectivity index (χ3n) is 4.10. The summed E-state index contributed by atoms with van der Waals surface area (Å²) < 4.78 is 10.5. The summed E-state index contributed by atoms with van der Waals surface area (Å²) in [5.74, 6) is -0.111. The fourth-order valence-electron chi connectivity index (χ4n) is 2.95. The third-order valence-corrected chi connectivity index (χ3v) is 4.10. The van der Waals surface area contributed by atoms with Gasteiger partial charge in [0.2, 0.25) is 0 Å². The number of nitrogens with zero attached hydrogens (tertiary/aromatic N) is 2. The molecule has 1 unspecified atom stereocenters. The number of amides is 1. The lowest BCUT2D eigenvalue weighted by molar-refractivity contribution is -0.150. The summed E-state index contributed by atoms with van der Waals surface area (Å²) in [5.41, 5.74) is -0.456. The highest BCUT2D eigenvalue weighted by atomic mass is 16.6. The zero-order valence-corrected chi connectivity index (χ0v) is 14.1. The van der Waals surface area contributed by atoms with E-state index in [1.54, 1.807) is 4.90 Å². The zero-order valence-electron chi connectivity index (χ0n) is 14.1. The van der Waals surface area contributed by atoms with Crippen molar-refractivity contribution in [1.82, 2.24) is 9.80 Å². The molecule has 2 rings (SSSR count). The topological polar surface area (TPSA) is 59.1 Å². The van der Waals surface area contributed by atoms with Crippen LogP contribution in [0.4, 0.5) is 4.79 Å². The molecule has 2 saturated heterocycles. The van der Waals surface area contributed by atoms with Gasteiger partial charge in [0.1, 0.15) is 5.60 Å². The van der Waals surface area contributed by atoms with E-state index < -0.39 is 5.60 Å². The van der Waals surface area contributed by atoms with Crippen LogP contribution in [0, 0.1) is 5.92 Å². The minimum atomic E-state index is -0.456. The SMILES string of the molecule is CCOC(=O)C1CCCN(C2CN(C(=O)OC(C)(C)C)C2)C1. The summed E-state index contributed by atoms with van der Waals surface area (Å²) in [5, 5.41) is 0. The number of carbonyl (C=O) groups excluding carboxylic acids is 2. The molecule has 0 N–H and O–H groups in total. The van der Waals surface area contributed by atoms with E-state index >= 15 is 0 Å². The molecule has 1 atom stereocenters. The number of piperidine rings is 1. The van der Waals surface area contributed by atoms with E-state index in [0.717, 1.165) is 25.9 Å². The van der Waals surface area contributed by atoms with Crippen molar-refractivity contribution >= 4 is 12.1 Å². The van der Waals surface area contributed by atoms with Gasteiger partial charge in [-0.25, -0.2) is 4.79 Å². The van der Waals surface area contributed by atoms with Crippen LogP contribution in [0.1, 0.15) is 40.5 Å². The molecule has 0 bridgehead atoms. The van der Waals surface area contributed by atoms with Gasteiger partial charge in [-0.05, 0) is 47.1 Å². The van der Waals surface area contributed by atoms with Crippen molar-refractivity contribution in [1.29, 1.82) is 0 Å². The molecular formula is C16H28N2O4. The van der Waals surface area contributed by atoms with Gasteiger partial charge >= 0.3 is 12.1 Å². The van der Waals surface area contributed by atoms with Crippen LogP contribution < -0.4 is 0 Å². The highest BCUT2D eigenvalue weighted by Crippen LogP contribution is 2.25. The molecular weight excluding hydrogens is 284 g/mol. The van der Waals surface area contributed by atoms with Gasteiger partial charge in [0.25, 0.3) is 0 Å². The van der Waals surface area contributed by atoms with Crippen molar-refractivity contribution in [2.75, 3.05) is 32.8 Å². The Kier molecular flexibility index (Phi) is 5.32. The summed E-state index contributed by atoms with van der Waals surface area (Å²) >= 11 is 0. The predicted octanol–water partition coefficient (Wildman–Crippen LogP) is 1.88. The molecule has 2 fully saturated rings. The highest BCUT2D eigenvalue weighted by molar-refractivity contribution is 5.73. The molecule has 0 aromatic heterocycles. The minimum absolute atomic E-state index is 0.0238. The van der Waals surface area contributed by atoms with Crippen LogP contribution in [0.25, 0.3) is 0 Å². The average molecular weight is 312 g/mol. The van der Waals surface area contributed by atoms with Gasteiger partial charge in [0.05, 0.1) is 12.5 Å². The molecule has 126 valence electrons. The van der Waals surface area contributed by atoms with Crippen molar-refractivity contribution < 1.29 is 19.1 Å².